The van der Waals surface area contributed by atoms with Gasteiger partial charge in [0.05, 0.1) is 17.2 Å². The Balaban J connectivity index is 1.42. The third-order valence-corrected chi connectivity index (χ3v) is 7.28. The van der Waals surface area contributed by atoms with Gasteiger partial charge in [0.2, 0.25) is 0 Å². The first kappa shape index (κ1) is 24.2. The summed E-state index contributed by atoms with van der Waals surface area (Å²) in [4.78, 5) is 27.1. The van der Waals surface area contributed by atoms with Crippen LogP contribution in [0.5, 0.6) is 11.5 Å². The molecule has 0 aliphatic carbocycles. The van der Waals surface area contributed by atoms with Crippen molar-refractivity contribution in [3.8, 4) is 11.5 Å². The number of benzene rings is 4. The SMILES string of the molecule is CCOc1cc(/C=C2\SC(=O)N(c3ccccc3)C2=O)c(Br)cc1OCc1cccc2ccccc12. The number of para-hydroxylation sites is 1. The van der Waals surface area contributed by atoms with E-state index in [0.717, 1.165) is 38.1 Å². The zero-order chi connectivity index (χ0) is 25.1. The first-order valence-corrected chi connectivity index (χ1v) is 13.0. The van der Waals surface area contributed by atoms with Gasteiger partial charge in [-0.1, -0.05) is 76.6 Å². The van der Waals surface area contributed by atoms with Crippen molar-refractivity contribution in [2.45, 2.75) is 13.5 Å². The monoisotopic (exact) mass is 559 g/mol. The number of anilines is 1. The number of rotatable bonds is 7. The highest BCUT2D eigenvalue weighted by atomic mass is 79.9. The molecule has 1 fully saturated rings. The maximum Gasteiger partial charge on any atom is 0.298 e. The molecular weight excluding hydrogens is 538 g/mol. The lowest BCUT2D eigenvalue weighted by atomic mass is 10.1. The Labute approximate surface area is 221 Å². The molecule has 1 saturated heterocycles. The number of ether oxygens (including phenoxy) is 2. The van der Waals surface area contributed by atoms with Crippen LogP contribution in [0.4, 0.5) is 10.5 Å². The van der Waals surface area contributed by atoms with E-state index in [1.807, 2.05) is 43.3 Å². The maximum absolute atomic E-state index is 13.0. The zero-order valence-corrected chi connectivity index (χ0v) is 21.8. The van der Waals surface area contributed by atoms with Gasteiger partial charge in [-0.25, -0.2) is 4.90 Å². The van der Waals surface area contributed by atoms with Gasteiger partial charge in [-0.3, -0.25) is 9.59 Å². The molecule has 7 heteroatoms. The molecule has 36 heavy (non-hydrogen) atoms. The highest BCUT2D eigenvalue weighted by Gasteiger charge is 2.36. The predicted octanol–water partition coefficient (Wildman–Crippen LogP) is 7.82. The van der Waals surface area contributed by atoms with E-state index in [0.29, 0.717) is 35.3 Å². The van der Waals surface area contributed by atoms with E-state index in [2.05, 4.69) is 40.2 Å². The topological polar surface area (TPSA) is 55.8 Å². The Morgan fingerprint density at radius 2 is 1.61 bits per heavy atom. The predicted molar refractivity (Wildman–Crippen MR) is 148 cm³/mol. The summed E-state index contributed by atoms with van der Waals surface area (Å²) in [6.45, 7) is 2.74. The summed E-state index contributed by atoms with van der Waals surface area (Å²) in [6.07, 6.45) is 1.70. The van der Waals surface area contributed by atoms with E-state index >= 15 is 0 Å². The van der Waals surface area contributed by atoms with Gasteiger partial charge < -0.3 is 9.47 Å². The second-order valence-corrected chi connectivity index (χ2v) is 9.88. The number of hydrogen-bond acceptors (Lipinski definition) is 5. The van der Waals surface area contributed by atoms with E-state index in [9.17, 15) is 9.59 Å². The van der Waals surface area contributed by atoms with E-state index < -0.39 is 0 Å². The Morgan fingerprint density at radius 3 is 2.42 bits per heavy atom. The molecule has 5 nitrogen and oxygen atoms in total. The third-order valence-electron chi connectivity index (χ3n) is 5.72. The molecule has 2 amide bonds. The van der Waals surface area contributed by atoms with Gasteiger partial charge in [-0.05, 0) is 70.9 Å². The van der Waals surface area contributed by atoms with Crippen LogP contribution in [-0.4, -0.2) is 17.8 Å². The Bertz CT molecular complexity index is 1480. The molecule has 180 valence electrons. The lowest BCUT2D eigenvalue weighted by Crippen LogP contribution is -2.27. The van der Waals surface area contributed by atoms with Crippen LogP contribution in [-0.2, 0) is 11.4 Å². The number of imide groups is 1. The molecule has 0 saturated carbocycles. The largest absolute Gasteiger partial charge is 0.490 e. The van der Waals surface area contributed by atoms with Crippen molar-refractivity contribution in [1.29, 1.82) is 0 Å². The molecular formula is C29H22BrNO4S. The van der Waals surface area contributed by atoms with Gasteiger partial charge in [0.25, 0.3) is 11.1 Å². The van der Waals surface area contributed by atoms with Gasteiger partial charge in [-0.2, -0.15) is 0 Å². The number of hydrogen-bond donors (Lipinski definition) is 0. The molecule has 4 aromatic rings. The molecule has 0 N–H and O–H groups in total. The third kappa shape index (κ3) is 4.90. The number of fused-ring (bicyclic) bond motifs is 1. The molecule has 0 bridgehead atoms. The minimum absolute atomic E-state index is 0.325. The van der Waals surface area contributed by atoms with E-state index in [-0.39, 0.29) is 11.1 Å². The van der Waals surface area contributed by atoms with E-state index in [1.165, 1.54) is 4.90 Å². The molecule has 4 aromatic carbocycles. The summed E-state index contributed by atoms with van der Waals surface area (Å²) < 4.78 is 12.8. The summed E-state index contributed by atoms with van der Waals surface area (Å²) in [6, 6.07) is 26.9. The van der Waals surface area contributed by atoms with Crippen molar-refractivity contribution in [3.05, 3.63) is 105 Å². The number of carbonyl (C=O) groups is 2. The summed E-state index contributed by atoms with van der Waals surface area (Å²) in [5.74, 6) is 0.804. The standard InChI is InChI=1S/C29H22BrNO4S/c1-2-34-25-15-21(16-27-28(32)31(29(33)36-27)22-12-4-3-5-13-22)24(30)17-26(25)35-18-20-11-8-10-19-9-6-7-14-23(19)20/h3-17H,2,18H2,1H3/b27-16-. The lowest BCUT2D eigenvalue weighted by Gasteiger charge is -2.15. The van der Waals surface area contributed by atoms with Gasteiger partial charge in [0.1, 0.15) is 6.61 Å². The van der Waals surface area contributed by atoms with Gasteiger partial charge in [0, 0.05) is 4.47 Å². The number of nitrogens with zero attached hydrogens (tertiary/aromatic N) is 1. The van der Waals surface area contributed by atoms with Crippen LogP contribution in [0.2, 0.25) is 0 Å². The molecule has 0 spiro atoms. The summed E-state index contributed by atoms with van der Waals surface area (Å²) in [7, 11) is 0. The molecule has 1 aliphatic rings. The smallest absolute Gasteiger partial charge is 0.298 e. The first-order chi connectivity index (χ1) is 17.5. The van der Waals surface area contributed by atoms with E-state index in [1.54, 1.807) is 30.3 Å². The Kier molecular flexibility index (Phi) is 7.11. The van der Waals surface area contributed by atoms with Crippen LogP contribution in [0.15, 0.2) is 94.3 Å². The lowest BCUT2D eigenvalue weighted by molar-refractivity contribution is -0.113. The number of thioether (sulfide) groups is 1. The summed E-state index contributed by atoms with van der Waals surface area (Å²) >= 11 is 4.52. The minimum atomic E-state index is -0.350. The highest BCUT2D eigenvalue weighted by molar-refractivity contribution is 9.10. The average Bonchev–Trinajstić information content (AvgIpc) is 3.17. The Morgan fingerprint density at radius 1 is 0.889 bits per heavy atom. The number of halogens is 1. The van der Waals surface area contributed by atoms with Crippen molar-refractivity contribution in [3.63, 3.8) is 0 Å². The van der Waals surface area contributed by atoms with E-state index in [4.69, 9.17) is 9.47 Å². The quantitative estimate of drug-likeness (QED) is 0.216. The molecule has 1 aliphatic heterocycles. The van der Waals surface area contributed by atoms with Crippen LogP contribution >= 0.6 is 27.7 Å². The van der Waals surface area contributed by atoms with Crippen molar-refractivity contribution in [2.75, 3.05) is 11.5 Å². The first-order valence-electron chi connectivity index (χ1n) is 11.4. The summed E-state index contributed by atoms with van der Waals surface area (Å²) in [5, 5.41) is 1.97. The fourth-order valence-corrected chi connectivity index (χ4v) is 5.29. The molecule has 0 radical (unpaired) electrons. The second-order valence-electron chi connectivity index (χ2n) is 8.03. The van der Waals surface area contributed by atoms with Crippen molar-refractivity contribution >= 4 is 61.4 Å². The van der Waals surface area contributed by atoms with Crippen LogP contribution in [0.1, 0.15) is 18.1 Å². The van der Waals surface area contributed by atoms with Gasteiger partial charge >= 0.3 is 0 Å². The highest BCUT2D eigenvalue weighted by Crippen LogP contribution is 2.40. The minimum Gasteiger partial charge on any atom is -0.490 e. The normalized spacial score (nSPS) is 14.6. The molecule has 5 rings (SSSR count). The van der Waals surface area contributed by atoms with Gasteiger partial charge in [0.15, 0.2) is 11.5 Å². The van der Waals surface area contributed by atoms with Crippen LogP contribution in [0.25, 0.3) is 16.8 Å². The maximum atomic E-state index is 13.0. The van der Waals surface area contributed by atoms with Crippen molar-refractivity contribution in [2.24, 2.45) is 0 Å². The molecule has 0 aromatic heterocycles. The van der Waals surface area contributed by atoms with Crippen LogP contribution in [0.3, 0.4) is 0 Å². The molecule has 0 unspecified atom stereocenters. The average molecular weight is 560 g/mol. The Hall–Kier alpha value is -3.55. The fourth-order valence-electron chi connectivity index (χ4n) is 4.03. The van der Waals surface area contributed by atoms with Crippen LogP contribution < -0.4 is 14.4 Å². The molecule has 1 heterocycles. The second kappa shape index (κ2) is 10.6. The summed E-state index contributed by atoms with van der Waals surface area (Å²) in [5.41, 5.74) is 2.34. The number of carbonyl (C=O) groups excluding carboxylic acids is 2. The fraction of sp³-hybridized carbons (Fsp3) is 0.103. The zero-order valence-electron chi connectivity index (χ0n) is 19.4. The molecule has 0 atom stereocenters. The number of amides is 2. The van der Waals surface area contributed by atoms with Crippen molar-refractivity contribution < 1.29 is 19.1 Å². The van der Waals surface area contributed by atoms with Gasteiger partial charge in [-0.15, -0.1) is 0 Å². The van der Waals surface area contributed by atoms with Crippen LogP contribution in [0, 0.1) is 0 Å². The van der Waals surface area contributed by atoms with Crippen molar-refractivity contribution in [1.82, 2.24) is 0 Å².